The van der Waals surface area contributed by atoms with E-state index < -0.39 is 0 Å². The van der Waals surface area contributed by atoms with E-state index in [-0.39, 0.29) is 5.82 Å². The first-order valence-corrected chi connectivity index (χ1v) is 8.07. The lowest BCUT2D eigenvalue weighted by molar-refractivity contribution is 0.144. The third-order valence-corrected chi connectivity index (χ3v) is 4.35. The highest BCUT2D eigenvalue weighted by Gasteiger charge is 2.25. The monoisotopic (exact) mass is 293 g/mol. The molecule has 1 aliphatic rings. The van der Waals surface area contributed by atoms with Crippen LogP contribution in [0.2, 0.25) is 0 Å². The van der Waals surface area contributed by atoms with Gasteiger partial charge in [-0.25, -0.2) is 4.39 Å². The first kappa shape index (κ1) is 16.2. The SMILES string of the molecule is CCNCC(C(C)C)N1CCN(c2ccc(F)cc2)CC1. The molecule has 0 amide bonds. The van der Waals surface area contributed by atoms with Crippen molar-refractivity contribution < 1.29 is 4.39 Å². The summed E-state index contributed by atoms with van der Waals surface area (Å²) in [7, 11) is 0. The van der Waals surface area contributed by atoms with Gasteiger partial charge in [0.2, 0.25) is 0 Å². The van der Waals surface area contributed by atoms with Gasteiger partial charge in [-0.15, -0.1) is 0 Å². The maximum atomic E-state index is 13.0. The summed E-state index contributed by atoms with van der Waals surface area (Å²) in [5.41, 5.74) is 1.13. The second-order valence-electron chi connectivity index (χ2n) is 6.12. The van der Waals surface area contributed by atoms with Gasteiger partial charge in [0.1, 0.15) is 5.82 Å². The van der Waals surface area contributed by atoms with Gasteiger partial charge in [-0.3, -0.25) is 4.90 Å². The van der Waals surface area contributed by atoms with E-state index in [1.807, 2.05) is 12.1 Å². The van der Waals surface area contributed by atoms with Gasteiger partial charge in [0, 0.05) is 44.5 Å². The molecule has 3 nitrogen and oxygen atoms in total. The fourth-order valence-electron chi connectivity index (χ4n) is 3.04. The minimum atomic E-state index is -0.164. The minimum Gasteiger partial charge on any atom is -0.369 e. The number of rotatable bonds is 6. The first-order chi connectivity index (χ1) is 10.1. The van der Waals surface area contributed by atoms with Crippen LogP contribution in [0.3, 0.4) is 0 Å². The molecule has 1 aromatic carbocycles. The third-order valence-electron chi connectivity index (χ3n) is 4.35. The predicted octanol–water partition coefficient (Wildman–Crippen LogP) is 2.58. The Labute approximate surface area is 128 Å². The molecule has 1 N–H and O–H groups in total. The van der Waals surface area contributed by atoms with Gasteiger partial charge in [0.15, 0.2) is 0 Å². The molecule has 1 saturated heterocycles. The Morgan fingerprint density at radius 1 is 1.10 bits per heavy atom. The van der Waals surface area contributed by atoms with Crippen molar-refractivity contribution in [2.75, 3.05) is 44.2 Å². The molecule has 0 aromatic heterocycles. The molecule has 21 heavy (non-hydrogen) atoms. The van der Waals surface area contributed by atoms with Gasteiger partial charge >= 0.3 is 0 Å². The van der Waals surface area contributed by atoms with E-state index in [1.54, 1.807) is 12.1 Å². The number of piperazine rings is 1. The molecule has 2 rings (SSSR count). The normalized spacial score (nSPS) is 18.2. The number of anilines is 1. The van der Waals surface area contributed by atoms with Crippen LogP contribution in [-0.2, 0) is 0 Å². The maximum absolute atomic E-state index is 13.0. The molecule has 1 aromatic rings. The summed E-state index contributed by atoms with van der Waals surface area (Å²) >= 11 is 0. The van der Waals surface area contributed by atoms with Crippen molar-refractivity contribution in [3.05, 3.63) is 30.1 Å². The quantitative estimate of drug-likeness (QED) is 0.870. The Morgan fingerprint density at radius 2 is 1.71 bits per heavy atom. The molecule has 0 saturated carbocycles. The summed E-state index contributed by atoms with van der Waals surface area (Å²) in [5, 5.41) is 3.48. The van der Waals surface area contributed by atoms with Gasteiger partial charge < -0.3 is 10.2 Å². The van der Waals surface area contributed by atoms with Crippen molar-refractivity contribution in [3.8, 4) is 0 Å². The van der Waals surface area contributed by atoms with Crippen molar-refractivity contribution in [3.63, 3.8) is 0 Å². The molecule has 4 heteroatoms. The van der Waals surface area contributed by atoms with Gasteiger partial charge in [0.25, 0.3) is 0 Å². The first-order valence-electron chi connectivity index (χ1n) is 8.07. The molecule has 1 fully saturated rings. The number of halogens is 1. The van der Waals surface area contributed by atoms with Crippen LogP contribution in [0.4, 0.5) is 10.1 Å². The number of hydrogen-bond acceptors (Lipinski definition) is 3. The smallest absolute Gasteiger partial charge is 0.123 e. The van der Waals surface area contributed by atoms with Crippen LogP contribution in [0.5, 0.6) is 0 Å². The molecular formula is C17H28FN3. The number of nitrogens with one attached hydrogen (secondary N) is 1. The Kier molecular flexibility index (Phi) is 6.00. The van der Waals surface area contributed by atoms with E-state index in [0.29, 0.717) is 12.0 Å². The van der Waals surface area contributed by atoms with Gasteiger partial charge in [-0.2, -0.15) is 0 Å². The molecule has 1 atom stereocenters. The number of benzene rings is 1. The lowest BCUT2D eigenvalue weighted by Crippen LogP contribution is -2.54. The molecule has 0 bridgehead atoms. The average Bonchev–Trinajstić information content (AvgIpc) is 2.49. The molecule has 1 heterocycles. The average molecular weight is 293 g/mol. The number of hydrogen-bond donors (Lipinski definition) is 1. The second-order valence-corrected chi connectivity index (χ2v) is 6.12. The Morgan fingerprint density at radius 3 is 2.24 bits per heavy atom. The molecule has 118 valence electrons. The van der Waals surface area contributed by atoms with Crippen molar-refractivity contribution in [1.29, 1.82) is 0 Å². The fraction of sp³-hybridized carbons (Fsp3) is 0.647. The standard InChI is InChI=1S/C17H28FN3/c1-4-19-13-17(14(2)3)21-11-9-20(10-12-21)16-7-5-15(18)6-8-16/h5-8,14,17,19H,4,9-13H2,1-3H3. The van der Waals surface area contributed by atoms with E-state index in [4.69, 9.17) is 0 Å². The van der Waals surface area contributed by atoms with E-state index in [2.05, 4.69) is 35.9 Å². The molecule has 1 aliphatic heterocycles. The molecule has 0 spiro atoms. The summed E-state index contributed by atoms with van der Waals surface area (Å²) in [5.74, 6) is 0.490. The van der Waals surface area contributed by atoms with Crippen LogP contribution >= 0.6 is 0 Å². The molecule has 0 radical (unpaired) electrons. The third kappa shape index (κ3) is 4.42. The largest absolute Gasteiger partial charge is 0.369 e. The fourth-order valence-corrected chi connectivity index (χ4v) is 3.04. The topological polar surface area (TPSA) is 18.5 Å². The lowest BCUT2D eigenvalue weighted by atomic mass is 10.0. The zero-order valence-electron chi connectivity index (χ0n) is 13.5. The maximum Gasteiger partial charge on any atom is 0.123 e. The summed E-state index contributed by atoms with van der Waals surface area (Å²) in [4.78, 5) is 4.94. The van der Waals surface area contributed by atoms with Crippen LogP contribution in [0, 0.1) is 11.7 Å². The minimum absolute atomic E-state index is 0.164. The lowest BCUT2D eigenvalue weighted by Gasteiger charge is -2.41. The van der Waals surface area contributed by atoms with Gasteiger partial charge in [0.05, 0.1) is 0 Å². The summed E-state index contributed by atoms with van der Waals surface area (Å²) in [6.07, 6.45) is 0. The van der Waals surface area contributed by atoms with Crippen molar-refractivity contribution in [2.45, 2.75) is 26.8 Å². The second kappa shape index (κ2) is 7.76. The Balaban J connectivity index is 1.90. The summed E-state index contributed by atoms with van der Waals surface area (Å²) in [6.45, 7) is 13.0. The Hall–Kier alpha value is -1.13. The van der Waals surface area contributed by atoms with Crippen LogP contribution in [0.1, 0.15) is 20.8 Å². The van der Waals surface area contributed by atoms with Crippen molar-refractivity contribution in [1.82, 2.24) is 10.2 Å². The van der Waals surface area contributed by atoms with Gasteiger partial charge in [-0.05, 0) is 36.7 Å². The van der Waals surface area contributed by atoms with E-state index in [0.717, 1.165) is 45.0 Å². The molecule has 1 unspecified atom stereocenters. The zero-order valence-corrected chi connectivity index (χ0v) is 13.5. The number of likely N-dealkylation sites (N-methyl/N-ethyl adjacent to an activating group) is 1. The zero-order chi connectivity index (χ0) is 15.2. The van der Waals surface area contributed by atoms with E-state index in [9.17, 15) is 4.39 Å². The van der Waals surface area contributed by atoms with Crippen molar-refractivity contribution >= 4 is 5.69 Å². The Bertz CT molecular complexity index is 411. The summed E-state index contributed by atoms with van der Waals surface area (Å²) < 4.78 is 13.0. The highest BCUT2D eigenvalue weighted by Crippen LogP contribution is 2.19. The highest BCUT2D eigenvalue weighted by molar-refractivity contribution is 5.46. The highest BCUT2D eigenvalue weighted by atomic mass is 19.1. The number of nitrogens with zero attached hydrogens (tertiary/aromatic N) is 2. The van der Waals surface area contributed by atoms with Gasteiger partial charge in [-0.1, -0.05) is 20.8 Å². The van der Waals surface area contributed by atoms with Crippen LogP contribution in [-0.4, -0.2) is 50.2 Å². The van der Waals surface area contributed by atoms with E-state index in [1.165, 1.54) is 0 Å². The van der Waals surface area contributed by atoms with Crippen LogP contribution in [0.25, 0.3) is 0 Å². The van der Waals surface area contributed by atoms with Crippen molar-refractivity contribution in [2.24, 2.45) is 5.92 Å². The predicted molar refractivity (Wildman–Crippen MR) is 87.4 cm³/mol. The molecule has 0 aliphatic carbocycles. The van der Waals surface area contributed by atoms with Crippen LogP contribution in [0.15, 0.2) is 24.3 Å². The summed E-state index contributed by atoms with van der Waals surface area (Å²) in [6, 6.07) is 7.45. The van der Waals surface area contributed by atoms with Crippen LogP contribution < -0.4 is 10.2 Å². The van der Waals surface area contributed by atoms with E-state index >= 15 is 0 Å². The molecular weight excluding hydrogens is 265 g/mol.